The van der Waals surface area contributed by atoms with Crippen LogP contribution in [0.4, 0.5) is 5.82 Å². The normalized spacial score (nSPS) is 21.9. The molecule has 1 aliphatic rings. The van der Waals surface area contributed by atoms with E-state index < -0.39 is 5.60 Å². The standard InChI is InChI=1S/C22H26N4O2S/c1-22(28)8-5-16(6-9-22)24-21-20-17(7-10-29-20)25-19(26-21)13-15-4-2-3-14(11-15)12-18(23)27/h2-4,7,10-11,16,28H,5-6,8-9,12-13H2,1H3,(H2,23,27)(H,24,25,26). The Morgan fingerprint density at radius 2 is 2.03 bits per heavy atom. The first-order valence-corrected chi connectivity index (χ1v) is 10.9. The zero-order chi connectivity index (χ0) is 20.4. The second-order valence-corrected chi connectivity index (χ2v) is 9.09. The van der Waals surface area contributed by atoms with Gasteiger partial charge in [0.25, 0.3) is 0 Å². The van der Waals surface area contributed by atoms with Crippen molar-refractivity contribution in [3.8, 4) is 0 Å². The molecule has 0 bridgehead atoms. The van der Waals surface area contributed by atoms with Crippen LogP contribution in [0.3, 0.4) is 0 Å². The first-order chi connectivity index (χ1) is 13.9. The molecule has 0 atom stereocenters. The fourth-order valence-corrected chi connectivity index (χ4v) is 4.68. The van der Waals surface area contributed by atoms with E-state index in [1.165, 1.54) is 0 Å². The van der Waals surface area contributed by atoms with Crippen LogP contribution in [0.15, 0.2) is 35.7 Å². The summed E-state index contributed by atoms with van der Waals surface area (Å²) in [5.41, 5.74) is 7.66. The summed E-state index contributed by atoms with van der Waals surface area (Å²) in [6.45, 7) is 1.91. The van der Waals surface area contributed by atoms with Crippen LogP contribution >= 0.6 is 11.3 Å². The molecular weight excluding hydrogens is 384 g/mol. The van der Waals surface area contributed by atoms with Crippen molar-refractivity contribution in [2.24, 2.45) is 5.73 Å². The van der Waals surface area contributed by atoms with Crippen LogP contribution in [0, 0.1) is 0 Å². The predicted molar refractivity (Wildman–Crippen MR) is 116 cm³/mol. The van der Waals surface area contributed by atoms with Crippen molar-refractivity contribution in [3.63, 3.8) is 0 Å². The molecule has 29 heavy (non-hydrogen) atoms. The van der Waals surface area contributed by atoms with Gasteiger partial charge < -0.3 is 16.2 Å². The van der Waals surface area contributed by atoms with Gasteiger partial charge in [0, 0.05) is 12.5 Å². The van der Waals surface area contributed by atoms with E-state index in [2.05, 4.69) is 5.32 Å². The van der Waals surface area contributed by atoms with E-state index in [0.29, 0.717) is 12.5 Å². The van der Waals surface area contributed by atoms with Crippen molar-refractivity contribution in [2.75, 3.05) is 5.32 Å². The number of nitrogens with one attached hydrogen (secondary N) is 1. The number of carbonyl (C=O) groups is 1. The minimum atomic E-state index is -0.552. The summed E-state index contributed by atoms with van der Waals surface area (Å²) in [7, 11) is 0. The first kappa shape index (κ1) is 19.8. The Bertz CT molecular complexity index is 1020. The Morgan fingerprint density at radius 3 is 2.79 bits per heavy atom. The van der Waals surface area contributed by atoms with Crippen LogP contribution in [0.1, 0.15) is 49.6 Å². The molecule has 2 aromatic heterocycles. The molecule has 6 nitrogen and oxygen atoms in total. The summed E-state index contributed by atoms with van der Waals surface area (Å²) in [5.74, 6) is 1.29. The molecule has 7 heteroatoms. The first-order valence-electron chi connectivity index (χ1n) is 9.97. The second kappa shape index (κ2) is 8.08. The van der Waals surface area contributed by atoms with Gasteiger partial charge in [-0.1, -0.05) is 24.3 Å². The molecule has 0 aliphatic heterocycles. The number of amides is 1. The van der Waals surface area contributed by atoms with E-state index in [1.54, 1.807) is 11.3 Å². The highest BCUT2D eigenvalue weighted by Crippen LogP contribution is 2.32. The third-order valence-corrected chi connectivity index (χ3v) is 6.40. The third-order valence-electron chi connectivity index (χ3n) is 5.49. The van der Waals surface area contributed by atoms with Crippen LogP contribution in [0.25, 0.3) is 10.2 Å². The highest BCUT2D eigenvalue weighted by Gasteiger charge is 2.29. The minimum absolute atomic E-state index is 0.233. The highest BCUT2D eigenvalue weighted by atomic mass is 32.1. The molecule has 0 spiro atoms. The molecule has 1 saturated carbocycles. The van der Waals surface area contributed by atoms with Gasteiger partial charge in [-0.3, -0.25) is 4.79 Å². The molecule has 152 valence electrons. The summed E-state index contributed by atoms with van der Waals surface area (Å²) < 4.78 is 1.06. The zero-order valence-corrected chi connectivity index (χ0v) is 17.3. The van der Waals surface area contributed by atoms with Crippen molar-refractivity contribution in [1.29, 1.82) is 0 Å². The molecule has 4 N–H and O–H groups in total. The van der Waals surface area contributed by atoms with Crippen LogP contribution in [0.2, 0.25) is 0 Å². The van der Waals surface area contributed by atoms with Crippen molar-refractivity contribution in [1.82, 2.24) is 9.97 Å². The fourth-order valence-electron chi connectivity index (χ4n) is 3.90. The third kappa shape index (κ3) is 4.92. The number of hydrogen-bond acceptors (Lipinski definition) is 6. The van der Waals surface area contributed by atoms with Gasteiger partial charge in [-0.2, -0.15) is 0 Å². The summed E-state index contributed by atoms with van der Waals surface area (Å²) in [6, 6.07) is 10.2. The summed E-state index contributed by atoms with van der Waals surface area (Å²) >= 11 is 1.64. The number of hydrogen-bond donors (Lipinski definition) is 3. The Balaban J connectivity index is 1.56. The number of aromatic nitrogens is 2. The van der Waals surface area contributed by atoms with Gasteiger partial charge in [0.15, 0.2) is 0 Å². The Hall–Kier alpha value is -2.51. The maximum Gasteiger partial charge on any atom is 0.221 e. The average molecular weight is 411 g/mol. The minimum Gasteiger partial charge on any atom is -0.390 e. The highest BCUT2D eigenvalue weighted by molar-refractivity contribution is 7.17. The van der Waals surface area contributed by atoms with Crippen LogP contribution in [-0.2, 0) is 17.6 Å². The summed E-state index contributed by atoms with van der Waals surface area (Å²) in [4.78, 5) is 20.8. The molecule has 1 amide bonds. The van der Waals surface area contributed by atoms with Crippen LogP contribution < -0.4 is 11.1 Å². The lowest BCUT2D eigenvalue weighted by molar-refractivity contribution is -0.117. The largest absolute Gasteiger partial charge is 0.390 e. The van der Waals surface area contributed by atoms with Crippen LogP contribution in [0.5, 0.6) is 0 Å². The van der Waals surface area contributed by atoms with E-state index in [-0.39, 0.29) is 12.3 Å². The van der Waals surface area contributed by atoms with Gasteiger partial charge in [-0.05, 0) is 55.2 Å². The SMILES string of the molecule is CC1(O)CCC(Nc2nc(Cc3cccc(CC(N)=O)c3)nc3ccsc23)CC1. The zero-order valence-electron chi connectivity index (χ0n) is 16.5. The molecule has 2 heterocycles. The lowest BCUT2D eigenvalue weighted by Crippen LogP contribution is -2.36. The fraction of sp³-hybridized carbons (Fsp3) is 0.409. The Kier molecular flexibility index (Phi) is 5.52. The van der Waals surface area contributed by atoms with E-state index in [0.717, 1.165) is 58.7 Å². The molecule has 0 saturated heterocycles. The van der Waals surface area contributed by atoms with E-state index >= 15 is 0 Å². The molecule has 0 unspecified atom stereocenters. The molecule has 1 fully saturated rings. The lowest BCUT2D eigenvalue weighted by Gasteiger charge is -2.33. The van der Waals surface area contributed by atoms with E-state index in [9.17, 15) is 9.90 Å². The maximum absolute atomic E-state index is 11.2. The summed E-state index contributed by atoms with van der Waals surface area (Å²) in [6.07, 6.45) is 4.26. The van der Waals surface area contributed by atoms with Crippen molar-refractivity contribution >= 4 is 33.3 Å². The smallest absolute Gasteiger partial charge is 0.221 e. The number of rotatable bonds is 6. The number of aliphatic hydroxyl groups is 1. The van der Waals surface area contributed by atoms with Gasteiger partial charge in [0.05, 0.1) is 22.2 Å². The maximum atomic E-state index is 11.2. The predicted octanol–water partition coefficient (Wildman–Crippen LogP) is 3.42. The number of nitrogens with zero attached hydrogens (tertiary/aromatic N) is 2. The number of primary amides is 1. The average Bonchev–Trinajstić information content (AvgIpc) is 3.12. The summed E-state index contributed by atoms with van der Waals surface area (Å²) in [5, 5.41) is 15.8. The van der Waals surface area contributed by atoms with E-state index in [1.807, 2.05) is 42.6 Å². The molecule has 3 aromatic rings. The van der Waals surface area contributed by atoms with Gasteiger partial charge >= 0.3 is 0 Å². The number of nitrogens with two attached hydrogens (primary N) is 1. The quantitative estimate of drug-likeness (QED) is 0.578. The van der Waals surface area contributed by atoms with Gasteiger partial charge in [-0.25, -0.2) is 9.97 Å². The number of thiophene rings is 1. The lowest BCUT2D eigenvalue weighted by atomic mass is 9.84. The van der Waals surface area contributed by atoms with Crippen LogP contribution in [-0.4, -0.2) is 32.6 Å². The van der Waals surface area contributed by atoms with Crippen molar-refractivity contribution in [2.45, 2.75) is 57.1 Å². The number of benzene rings is 1. The van der Waals surface area contributed by atoms with Crippen molar-refractivity contribution in [3.05, 3.63) is 52.7 Å². The Morgan fingerprint density at radius 1 is 1.28 bits per heavy atom. The van der Waals surface area contributed by atoms with E-state index in [4.69, 9.17) is 15.7 Å². The van der Waals surface area contributed by atoms with Gasteiger partial charge in [-0.15, -0.1) is 11.3 Å². The molecule has 1 aromatic carbocycles. The van der Waals surface area contributed by atoms with Crippen molar-refractivity contribution < 1.29 is 9.90 Å². The Labute approximate surface area is 174 Å². The number of carbonyl (C=O) groups excluding carboxylic acids is 1. The molecule has 1 aliphatic carbocycles. The number of anilines is 1. The molecule has 4 rings (SSSR count). The van der Waals surface area contributed by atoms with Gasteiger partial charge in [0.1, 0.15) is 11.6 Å². The monoisotopic (exact) mass is 410 g/mol. The van der Waals surface area contributed by atoms with Gasteiger partial charge in [0.2, 0.25) is 5.91 Å². The second-order valence-electron chi connectivity index (χ2n) is 8.18. The molecule has 0 radical (unpaired) electrons. The topological polar surface area (TPSA) is 101 Å². The molecular formula is C22H26N4O2S. The number of fused-ring (bicyclic) bond motifs is 1.